The second-order valence-electron chi connectivity index (χ2n) is 5.67. The number of Topliss-reactive ketones (excluding diaryl/α,β-unsaturated/α-hetero) is 1. The van der Waals surface area contributed by atoms with E-state index in [0.717, 1.165) is 32.1 Å². The number of hydrogen-bond donors (Lipinski definition) is 0. The summed E-state index contributed by atoms with van der Waals surface area (Å²) in [6.45, 7) is 2.13. The molecule has 0 saturated carbocycles. The topological polar surface area (TPSA) is 54.5 Å². The predicted octanol–water partition coefficient (Wildman–Crippen LogP) is 4.46. The number of imide groups is 1. The van der Waals surface area contributed by atoms with Gasteiger partial charge in [-0.1, -0.05) is 38.5 Å². The van der Waals surface area contributed by atoms with Gasteiger partial charge < -0.3 is 4.79 Å². The van der Waals surface area contributed by atoms with Crippen molar-refractivity contribution in [3.8, 4) is 0 Å². The molecule has 0 spiro atoms. The van der Waals surface area contributed by atoms with E-state index < -0.39 is 0 Å². The number of carbonyl (C=O) groups excluding carboxylic acids is 3. The normalized spacial score (nSPS) is 15.1. The molecule has 0 aromatic heterocycles. The Labute approximate surface area is 148 Å². The molecule has 0 radical (unpaired) electrons. The van der Waals surface area contributed by atoms with E-state index >= 15 is 0 Å². The fraction of sp³-hybridized carbons (Fsp3) is 0.688. The summed E-state index contributed by atoms with van der Waals surface area (Å²) in [6.07, 6.45) is 9.39. The summed E-state index contributed by atoms with van der Waals surface area (Å²) in [4.78, 5) is 35.6. The lowest BCUT2D eigenvalue weighted by atomic mass is 10.1. The molecule has 0 unspecified atom stereocenters. The summed E-state index contributed by atoms with van der Waals surface area (Å²) < 4.78 is 0.645. The molecule has 0 aromatic rings. The Hall–Kier alpha value is -0.490. The number of ketones is 1. The molecule has 1 rings (SSSR count). The van der Waals surface area contributed by atoms with Crippen molar-refractivity contribution in [2.45, 2.75) is 64.7 Å². The third-order valence-electron chi connectivity index (χ3n) is 3.72. The Morgan fingerprint density at radius 3 is 1.68 bits per heavy atom. The number of nitrogens with zero attached hydrogens (tertiary/aromatic N) is 1. The van der Waals surface area contributed by atoms with Gasteiger partial charge in [-0.15, -0.1) is 0 Å². The molecule has 6 heteroatoms. The minimum Gasteiger partial charge on any atom is -0.300 e. The smallest absolute Gasteiger partial charge is 0.269 e. The molecule has 0 aromatic carbocycles. The molecule has 1 aliphatic heterocycles. The highest BCUT2D eigenvalue weighted by atomic mass is 79.9. The van der Waals surface area contributed by atoms with Crippen molar-refractivity contribution in [1.29, 1.82) is 0 Å². The first-order valence-electron chi connectivity index (χ1n) is 7.86. The van der Waals surface area contributed by atoms with Crippen molar-refractivity contribution in [1.82, 2.24) is 4.90 Å². The Balaban J connectivity index is 2.00. The molecule has 1 heterocycles. The van der Waals surface area contributed by atoms with E-state index in [2.05, 4.69) is 31.9 Å². The minimum atomic E-state index is -0.248. The Morgan fingerprint density at radius 1 is 0.818 bits per heavy atom. The van der Waals surface area contributed by atoms with Crippen LogP contribution in [0.1, 0.15) is 64.7 Å². The Kier molecular flexibility index (Phi) is 9.17. The van der Waals surface area contributed by atoms with Crippen LogP contribution in [0.5, 0.6) is 0 Å². The molecule has 0 aliphatic carbocycles. The van der Waals surface area contributed by atoms with E-state index in [4.69, 9.17) is 0 Å². The maximum Gasteiger partial charge on any atom is 0.269 e. The van der Waals surface area contributed by atoms with Crippen LogP contribution in [0.3, 0.4) is 0 Å². The largest absolute Gasteiger partial charge is 0.300 e. The molecule has 124 valence electrons. The van der Waals surface area contributed by atoms with Gasteiger partial charge in [0.15, 0.2) is 0 Å². The van der Waals surface area contributed by atoms with E-state index in [0.29, 0.717) is 21.9 Å². The van der Waals surface area contributed by atoms with Crippen LogP contribution in [0, 0.1) is 0 Å². The van der Waals surface area contributed by atoms with E-state index in [1.54, 1.807) is 6.92 Å². The van der Waals surface area contributed by atoms with Crippen molar-refractivity contribution in [3.63, 3.8) is 0 Å². The summed E-state index contributed by atoms with van der Waals surface area (Å²) >= 11 is 6.24. The molecular weight excluding hydrogens is 414 g/mol. The van der Waals surface area contributed by atoms with Crippen molar-refractivity contribution in [2.24, 2.45) is 0 Å². The number of unbranched alkanes of at least 4 members (excludes halogenated alkanes) is 7. The summed E-state index contributed by atoms with van der Waals surface area (Å²) in [5.74, 6) is -0.219. The van der Waals surface area contributed by atoms with E-state index in [-0.39, 0.29) is 17.6 Å². The van der Waals surface area contributed by atoms with Gasteiger partial charge in [0.2, 0.25) is 0 Å². The van der Waals surface area contributed by atoms with Crippen LogP contribution in [0.15, 0.2) is 8.96 Å². The number of amides is 2. The van der Waals surface area contributed by atoms with Gasteiger partial charge in [-0.3, -0.25) is 14.5 Å². The third-order valence-corrected chi connectivity index (χ3v) is 5.72. The molecule has 1 aliphatic rings. The number of rotatable bonds is 11. The van der Waals surface area contributed by atoms with Gasteiger partial charge in [-0.25, -0.2) is 0 Å². The zero-order valence-electron chi connectivity index (χ0n) is 13.0. The van der Waals surface area contributed by atoms with E-state index in [1.165, 1.54) is 24.2 Å². The average molecular weight is 437 g/mol. The first-order valence-corrected chi connectivity index (χ1v) is 9.44. The van der Waals surface area contributed by atoms with Gasteiger partial charge in [0, 0.05) is 13.0 Å². The molecule has 0 atom stereocenters. The van der Waals surface area contributed by atoms with Crippen molar-refractivity contribution in [3.05, 3.63) is 8.96 Å². The monoisotopic (exact) mass is 435 g/mol. The van der Waals surface area contributed by atoms with Gasteiger partial charge in [0.05, 0.1) is 0 Å². The maximum absolute atomic E-state index is 11.8. The van der Waals surface area contributed by atoms with Crippen LogP contribution in [-0.4, -0.2) is 29.0 Å². The summed E-state index contributed by atoms with van der Waals surface area (Å²) in [7, 11) is 0. The first-order chi connectivity index (χ1) is 10.4. The first kappa shape index (κ1) is 19.6. The molecule has 0 bridgehead atoms. The second kappa shape index (κ2) is 10.3. The molecular formula is C16H23Br2NO3. The zero-order valence-corrected chi connectivity index (χ0v) is 16.2. The fourth-order valence-electron chi connectivity index (χ4n) is 2.42. The molecule has 22 heavy (non-hydrogen) atoms. The van der Waals surface area contributed by atoms with Crippen LogP contribution in [0.4, 0.5) is 0 Å². The summed E-state index contributed by atoms with van der Waals surface area (Å²) in [5.41, 5.74) is 0. The van der Waals surface area contributed by atoms with Gasteiger partial charge in [-0.05, 0) is 51.6 Å². The third kappa shape index (κ3) is 6.32. The Bertz CT molecular complexity index is 436. The van der Waals surface area contributed by atoms with Crippen molar-refractivity contribution >= 4 is 49.5 Å². The predicted molar refractivity (Wildman–Crippen MR) is 93.8 cm³/mol. The molecule has 0 saturated heterocycles. The van der Waals surface area contributed by atoms with Gasteiger partial charge in [-0.2, -0.15) is 0 Å². The highest BCUT2D eigenvalue weighted by Crippen LogP contribution is 2.29. The van der Waals surface area contributed by atoms with Crippen LogP contribution >= 0.6 is 31.9 Å². The van der Waals surface area contributed by atoms with Crippen molar-refractivity contribution in [2.75, 3.05) is 6.54 Å². The van der Waals surface area contributed by atoms with Crippen LogP contribution in [0.2, 0.25) is 0 Å². The maximum atomic E-state index is 11.8. The summed E-state index contributed by atoms with van der Waals surface area (Å²) in [6, 6.07) is 0. The zero-order chi connectivity index (χ0) is 16.5. The lowest BCUT2D eigenvalue weighted by Gasteiger charge is -2.13. The standard InChI is InChI=1S/C16H23Br2NO3/c1-12(20)10-8-6-4-2-3-5-7-9-11-19-15(21)13(17)14(18)16(19)22/h2-11H2,1H3. The van der Waals surface area contributed by atoms with Gasteiger partial charge >= 0.3 is 0 Å². The molecule has 2 amide bonds. The van der Waals surface area contributed by atoms with E-state index in [1.807, 2.05) is 0 Å². The lowest BCUT2D eigenvalue weighted by molar-refractivity contribution is -0.137. The van der Waals surface area contributed by atoms with Crippen LogP contribution < -0.4 is 0 Å². The molecule has 0 N–H and O–H groups in total. The fourth-order valence-corrected chi connectivity index (χ4v) is 3.19. The highest BCUT2D eigenvalue weighted by Gasteiger charge is 2.35. The number of halogens is 2. The van der Waals surface area contributed by atoms with Crippen LogP contribution in [0.25, 0.3) is 0 Å². The second-order valence-corrected chi connectivity index (χ2v) is 7.26. The lowest BCUT2D eigenvalue weighted by Crippen LogP contribution is -2.32. The number of carbonyl (C=O) groups is 3. The van der Waals surface area contributed by atoms with Gasteiger partial charge in [0.25, 0.3) is 11.8 Å². The SMILES string of the molecule is CC(=O)CCCCCCCCCCN1C(=O)C(Br)=C(Br)C1=O. The highest BCUT2D eigenvalue weighted by molar-refractivity contribution is 9.14. The number of hydrogen-bond acceptors (Lipinski definition) is 3. The molecule has 0 fully saturated rings. The molecule has 4 nitrogen and oxygen atoms in total. The van der Waals surface area contributed by atoms with Gasteiger partial charge in [0.1, 0.15) is 14.7 Å². The Morgan fingerprint density at radius 2 is 1.23 bits per heavy atom. The quantitative estimate of drug-likeness (QED) is 0.355. The summed E-state index contributed by atoms with van der Waals surface area (Å²) in [5, 5.41) is 0. The van der Waals surface area contributed by atoms with E-state index in [9.17, 15) is 14.4 Å². The minimum absolute atomic E-state index is 0.248. The average Bonchev–Trinajstić information content (AvgIpc) is 2.66. The van der Waals surface area contributed by atoms with Crippen molar-refractivity contribution < 1.29 is 14.4 Å². The van der Waals surface area contributed by atoms with Crippen LogP contribution in [-0.2, 0) is 14.4 Å².